The Morgan fingerprint density at radius 3 is 3.15 bits per heavy atom. The molecule has 20 heavy (non-hydrogen) atoms. The summed E-state index contributed by atoms with van der Waals surface area (Å²) in [6.07, 6.45) is 5.17. The smallest absolute Gasteiger partial charge is 0.244 e. The van der Waals surface area contributed by atoms with Crippen molar-refractivity contribution in [3.05, 3.63) is 28.7 Å². The van der Waals surface area contributed by atoms with Crippen LogP contribution in [-0.4, -0.2) is 43.6 Å². The van der Waals surface area contributed by atoms with Gasteiger partial charge in [-0.2, -0.15) is 5.10 Å². The second kappa shape index (κ2) is 5.70. The number of carbonyl (C=O) groups excluding carboxylic acids is 1. The molecule has 0 saturated carbocycles. The number of amides is 1. The molecular formula is C13H17N5OS. The van der Waals surface area contributed by atoms with Gasteiger partial charge in [0.25, 0.3) is 0 Å². The van der Waals surface area contributed by atoms with Crippen molar-refractivity contribution >= 4 is 17.2 Å². The highest BCUT2D eigenvalue weighted by Crippen LogP contribution is 2.29. The highest BCUT2D eigenvalue weighted by Gasteiger charge is 2.26. The molecule has 3 heterocycles. The minimum atomic E-state index is 0.105. The topological polar surface area (TPSA) is 63.9 Å². The molecule has 106 valence electrons. The molecule has 3 rings (SSSR count). The maximum Gasteiger partial charge on any atom is 0.244 e. The van der Waals surface area contributed by atoms with Crippen molar-refractivity contribution < 1.29 is 4.79 Å². The summed E-state index contributed by atoms with van der Waals surface area (Å²) >= 11 is 1.70. The fraction of sp³-hybridized carbons (Fsp3) is 0.538. The quantitative estimate of drug-likeness (QED) is 0.858. The number of piperidine rings is 1. The molecule has 0 spiro atoms. The summed E-state index contributed by atoms with van der Waals surface area (Å²) in [6, 6.07) is 0. The molecule has 6 nitrogen and oxygen atoms in total. The van der Waals surface area contributed by atoms with Gasteiger partial charge >= 0.3 is 0 Å². The molecule has 1 aliphatic heterocycles. The lowest BCUT2D eigenvalue weighted by Gasteiger charge is -2.31. The Labute approximate surface area is 121 Å². The molecule has 0 bridgehead atoms. The van der Waals surface area contributed by atoms with Crippen LogP contribution in [0.4, 0.5) is 0 Å². The number of hydrogen-bond acceptors (Lipinski definition) is 5. The van der Waals surface area contributed by atoms with Gasteiger partial charge in [-0.15, -0.1) is 11.3 Å². The van der Waals surface area contributed by atoms with E-state index in [0.29, 0.717) is 5.92 Å². The zero-order valence-electron chi connectivity index (χ0n) is 11.4. The second-order valence-corrected chi connectivity index (χ2v) is 5.99. The Hall–Kier alpha value is -1.76. The third kappa shape index (κ3) is 2.87. The number of aromatic nitrogens is 4. The van der Waals surface area contributed by atoms with Gasteiger partial charge in [0.15, 0.2) is 0 Å². The van der Waals surface area contributed by atoms with Crippen LogP contribution >= 0.6 is 11.3 Å². The lowest BCUT2D eigenvalue weighted by Crippen LogP contribution is -2.40. The van der Waals surface area contributed by atoms with Gasteiger partial charge in [0, 0.05) is 30.1 Å². The summed E-state index contributed by atoms with van der Waals surface area (Å²) in [5, 5.41) is 7.21. The molecule has 0 N–H and O–H groups in total. The molecule has 2 aromatic rings. The van der Waals surface area contributed by atoms with Crippen molar-refractivity contribution in [2.75, 3.05) is 13.1 Å². The Bertz CT molecular complexity index is 579. The molecular weight excluding hydrogens is 274 g/mol. The van der Waals surface area contributed by atoms with Crippen molar-refractivity contribution in [2.24, 2.45) is 0 Å². The molecule has 1 atom stereocenters. The van der Waals surface area contributed by atoms with Gasteiger partial charge in [-0.1, -0.05) is 0 Å². The van der Waals surface area contributed by atoms with Crippen LogP contribution in [0, 0.1) is 6.92 Å². The van der Waals surface area contributed by atoms with Gasteiger partial charge in [-0.05, 0) is 19.8 Å². The van der Waals surface area contributed by atoms with Crippen molar-refractivity contribution in [2.45, 2.75) is 32.2 Å². The first-order chi connectivity index (χ1) is 9.72. The van der Waals surface area contributed by atoms with Crippen molar-refractivity contribution in [3.63, 3.8) is 0 Å². The Balaban J connectivity index is 1.64. The van der Waals surface area contributed by atoms with Crippen LogP contribution in [0.2, 0.25) is 0 Å². The summed E-state index contributed by atoms with van der Waals surface area (Å²) in [5.74, 6) is 0.482. The molecule has 0 radical (unpaired) electrons. The molecule has 1 aliphatic rings. The molecule has 1 fully saturated rings. The van der Waals surface area contributed by atoms with E-state index in [2.05, 4.69) is 20.4 Å². The summed E-state index contributed by atoms with van der Waals surface area (Å²) in [4.78, 5) is 22.6. The molecule has 2 aromatic heterocycles. The first-order valence-electron chi connectivity index (χ1n) is 6.74. The first-order valence-corrected chi connectivity index (χ1v) is 7.62. The van der Waals surface area contributed by atoms with E-state index in [1.165, 1.54) is 6.33 Å². The lowest BCUT2D eigenvalue weighted by molar-refractivity contribution is -0.133. The van der Waals surface area contributed by atoms with Crippen molar-refractivity contribution in [3.8, 4) is 0 Å². The van der Waals surface area contributed by atoms with Crippen LogP contribution in [0.25, 0.3) is 0 Å². The van der Waals surface area contributed by atoms with Crippen molar-refractivity contribution in [1.29, 1.82) is 0 Å². The fourth-order valence-corrected chi connectivity index (χ4v) is 3.44. The molecule has 1 unspecified atom stereocenters. The monoisotopic (exact) mass is 291 g/mol. The molecule has 1 amide bonds. The average Bonchev–Trinajstić information content (AvgIpc) is 3.10. The first kappa shape index (κ1) is 13.2. The predicted molar refractivity (Wildman–Crippen MR) is 75.4 cm³/mol. The number of nitrogens with zero attached hydrogens (tertiary/aromatic N) is 5. The minimum Gasteiger partial charge on any atom is -0.340 e. The summed E-state index contributed by atoms with van der Waals surface area (Å²) < 4.78 is 1.57. The number of thiazole rings is 1. The number of aryl methyl sites for hydroxylation is 1. The third-order valence-corrected chi connectivity index (χ3v) is 4.65. The summed E-state index contributed by atoms with van der Waals surface area (Å²) in [5.41, 5.74) is 1.07. The number of hydrogen-bond donors (Lipinski definition) is 0. The average molecular weight is 291 g/mol. The van der Waals surface area contributed by atoms with Crippen LogP contribution in [0.15, 0.2) is 18.0 Å². The number of rotatable bonds is 3. The second-order valence-electron chi connectivity index (χ2n) is 5.10. The zero-order valence-corrected chi connectivity index (χ0v) is 12.2. The zero-order chi connectivity index (χ0) is 13.9. The van der Waals surface area contributed by atoms with Gasteiger partial charge < -0.3 is 4.90 Å². The van der Waals surface area contributed by atoms with Crippen LogP contribution in [0.1, 0.15) is 29.5 Å². The third-order valence-electron chi connectivity index (χ3n) is 3.52. The highest BCUT2D eigenvalue weighted by atomic mass is 32.1. The van der Waals surface area contributed by atoms with E-state index >= 15 is 0 Å². The van der Waals surface area contributed by atoms with Crippen molar-refractivity contribution in [1.82, 2.24) is 24.6 Å². The van der Waals surface area contributed by atoms with Crippen LogP contribution in [0.5, 0.6) is 0 Å². The molecule has 0 aromatic carbocycles. The van der Waals surface area contributed by atoms with Crippen LogP contribution < -0.4 is 0 Å². The van der Waals surface area contributed by atoms with E-state index in [1.54, 1.807) is 22.3 Å². The molecule has 1 saturated heterocycles. The van der Waals surface area contributed by atoms with Crippen LogP contribution in [0.3, 0.4) is 0 Å². The van der Waals surface area contributed by atoms with Gasteiger partial charge in [0.2, 0.25) is 5.91 Å². The highest BCUT2D eigenvalue weighted by molar-refractivity contribution is 7.09. The minimum absolute atomic E-state index is 0.105. The summed E-state index contributed by atoms with van der Waals surface area (Å²) in [7, 11) is 0. The predicted octanol–water partition coefficient (Wildman–Crippen LogP) is 1.45. The Morgan fingerprint density at radius 1 is 1.55 bits per heavy atom. The maximum absolute atomic E-state index is 12.3. The van der Waals surface area contributed by atoms with E-state index in [1.807, 2.05) is 11.8 Å². The van der Waals surface area contributed by atoms with E-state index in [4.69, 9.17) is 0 Å². The Kier molecular flexibility index (Phi) is 3.77. The van der Waals surface area contributed by atoms with E-state index < -0.39 is 0 Å². The largest absolute Gasteiger partial charge is 0.340 e. The molecule has 7 heteroatoms. The van der Waals surface area contributed by atoms with E-state index in [0.717, 1.165) is 36.6 Å². The van der Waals surface area contributed by atoms with E-state index in [-0.39, 0.29) is 12.5 Å². The standard InChI is InChI=1S/C13H17N5OS/c1-10-7-20-13(16-10)11-3-2-4-17(5-11)12(19)6-18-9-14-8-15-18/h7-9,11H,2-6H2,1H3. The molecule has 0 aliphatic carbocycles. The van der Waals surface area contributed by atoms with E-state index in [9.17, 15) is 4.79 Å². The normalized spacial score (nSPS) is 19.2. The van der Waals surface area contributed by atoms with Gasteiger partial charge in [0.05, 0.1) is 5.01 Å². The number of likely N-dealkylation sites (tertiary alicyclic amines) is 1. The SMILES string of the molecule is Cc1csc(C2CCCN(C(=O)Cn3cncn3)C2)n1. The van der Waals surface area contributed by atoms with Gasteiger partial charge in [0.1, 0.15) is 19.2 Å². The lowest BCUT2D eigenvalue weighted by atomic mass is 9.98. The Morgan fingerprint density at radius 2 is 2.45 bits per heavy atom. The fourth-order valence-electron chi connectivity index (χ4n) is 2.52. The van der Waals surface area contributed by atoms with Crippen LogP contribution in [-0.2, 0) is 11.3 Å². The van der Waals surface area contributed by atoms with Gasteiger partial charge in [-0.3, -0.25) is 4.79 Å². The van der Waals surface area contributed by atoms with Gasteiger partial charge in [-0.25, -0.2) is 14.6 Å². The maximum atomic E-state index is 12.3. The summed E-state index contributed by atoms with van der Waals surface area (Å²) in [6.45, 7) is 3.87. The number of carbonyl (C=O) groups is 1.